The van der Waals surface area contributed by atoms with Crippen molar-refractivity contribution in [2.75, 3.05) is 25.5 Å². The summed E-state index contributed by atoms with van der Waals surface area (Å²) < 4.78 is 5.11. The Morgan fingerprint density at radius 3 is 2.84 bits per heavy atom. The molecule has 0 aliphatic carbocycles. The van der Waals surface area contributed by atoms with Gasteiger partial charge in [-0.25, -0.2) is 0 Å². The third kappa shape index (κ3) is 4.88. The number of benzene rings is 1. The molecule has 0 saturated carbocycles. The van der Waals surface area contributed by atoms with Crippen LogP contribution in [0.4, 0.5) is 5.69 Å². The molecular weight excluding hydrogens is 242 g/mol. The Morgan fingerprint density at radius 2 is 2.21 bits per heavy atom. The van der Waals surface area contributed by atoms with Crippen LogP contribution >= 0.6 is 0 Å². The number of amides is 1. The van der Waals surface area contributed by atoms with Gasteiger partial charge in [-0.15, -0.1) is 0 Å². The summed E-state index contributed by atoms with van der Waals surface area (Å²) in [5.74, 6) is 0.688. The number of hydrogen-bond acceptors (Lipinski definition) is 4. The molecule has 5 nitrogen and oxygen atoms in total. The van der Waals surface area contributed by atoms with Crippen molar-refractivity contribution in [1.29, 1.82) is 5.26 Å². The lowest BCUT2D eigenvalue weighted by Crippen LogP contribution is -2.25. The lowest BCUT2D eigenvalue weighted by Gasteiger charge is -2.10. The number of carbonyl (C=O) groups excluding carboxylic acids is 1. The number of nitrogens with zero attached hydrogens (tertiary/aromatic N) is 1. The summed E-state index contributed by atoms with van der Waals surface area (Å²) in [5, 5.41) is 14.9. The molecule has 1 aromatic rings. The molecule has 5 heteroatoms. The van der Waals surface area contributed by atoms with Gasteiger partial charge in [0.05, 0.1) is 18.4 Å². The normalized spacial score (nSPS) is 9.53. The molecule has 102 valence electrons. The van der Waals surface area contributed by atoms with Crippen LogP contribution in [0.1, 0.15) is 25.3 Å². The molecule has 0 fully saturated rings. The summed E-state index contributed by atoms with van der Waals surface area (Å²) in [4.78, 5) is 11.4. The maximum Gasteiger partial charge on any atom is 0.221 e. The first-order valence-electron chi connectivity index (χ1n) is 6.30. The van der Waals surface area contributed by atoms with E-state index >= 15 is 0 Å². The number of nitrogens with one attached hydrogen (secondary N) is 2. The van der Waals surface area contributed by atoms with Crippen molar-refractivity contribution in [1.82, 2.24) is 5.32 Å². The predicted octanol–water partition coefficient (Wildman–Crippen LogP) is 1.90. The van der Waals surface area contributed by atoms with Crippen LogP contribution in [0.2, 0.25) is 0 Å². The second-order valence-corrected chi connectivity index (χ2v) is 4.05. The van der Waals surface area contributed by atoms with Gasteiger partial charge >= 0.3 is 0 Å². The zero-order chi connectivity index (χ0) is 14.1. The average Bonchev–Trinajstić information content (AvgIpc) is 2.44. The number of nitriles is 1. The molecule has 0 aliphatic heterocycles. The van der Waals surface area contributed by atoms with Crippen molar-refractivity contribution in [3.63, 3.8) is 0 Å². The van der Waals surface area contributed by atoms with Gasteiger partial charge in [0.25, 0.3) is 0 Å². The summed E-state index contributed by atoms with van der Waals surface area (Å²) in [6, 6.07) is 7.28. The molecule has 1 aromatic carbocycles. The van der Waals surface area contributed by atoms with Gasteiger partial charge in [-0.3, -0.25) is 4.79 Å². The topological polar surface area (TPSA) is 74.2 Å². The first-order valence-corrected chi connectivity index (χ1v) is 6.30. The highest BCUT2D eigenvalue weighted by atomic mass is 16.5. The Balaban J connectivity index is 2.52. The van der Waals surface area contributed by atoms with Gasteiger partial charge in [-0.1, -0.05) is 6.92 Å². The van der Waals surface area contributed by atoms with Gasteiger partial charge in [0.1, 0.15) is 11.8 Å². The molecule has 1 amide bonds. The molecule has 0 heterocycles. The first-order chi connectivity index (χ1) is 9.21. The minimum absolute atomic E-state index is 0.00996. The highest BCUT2D eigenvalue weighted by molar-refractivity contribution is 5.76. The van der Waals surface area contributed by atoms with Crippen LogP contribution in [0.15, 0.2) is 18.2 Å². The van der Waals surface area contributed by atoms with Crippen molar-refractivity contribution in [3.8, 4) is 11.8 Å². The van der Waals surface area contributed by atoms with Crippen LogP contribution in [-0.4, -0.2) is 26.1 Å². The molecule has 2 N–H and O–H groups in total. The summed E-state index contributed by atoms with van der Waals surface area (Å²) in [6.07, 6.45) is 1.30. The molecule has 0 aromatic heterocycles. The third-order valence-electron chi connectivity index (χ3n) is 2.59. The lowest BCUT2D eigenvalue weighted by atomic mass is 10.2. The molecule has 0 saturated heterocycles. The van der Waals surface area contributed by atoms with Gasteiger partial charge in [0.2, 0.25) is 5.91 Å². The molecule has 0 spiro atoms. The molecule has 19 heavy (non-hydrogen) atoms. The van der Waals surface area contributed by atoms with E-state index in [4.69, 9.17) is 10.00 Å². The second kappa shape index (κ2) is 7.98. The Morgan fingerprint density at radius 1 is 1.42 bits per heavy atom. The van der Waals surface area contributed by atoms with Crippen LogP contribution in [0, 0.1) is 11.3 Å². The Labute approximate surface area is 113 Å². The highest BCUT2D eigenvalue weighted by Gasteiger charge is 2.05. The average molecular weight is 261 g/mol. The Bertz CT molecular complexity index is 466. The standard InChI is InChI=1S/C14H19N3O2/c1-3-7-17-14(18)6-8-16-13-9-12(19-2)5-4-11(13)10-15/h4-5,9,16H,3,6-8H2,1-2H3,(H,17,18). The van der Waals surface area contributed by atoms with Crippen LogP contribution in [0.5, 0.6) is 5.75 Å². The minimum Gasteiger partial charge on any atom is -0.497 e. The van der Waals surface area contributed by atoms with E-state index in [-0.39, 0.29) is 5.91 Å². The summed E-state index contributed by atoms with van der Waals surface area (Å²) >= 11 is 0. The van der Waals surface area contributed by atoms with E-state index in [0.717, 1.165) is 6.42 Å². The fraction of sp³-hybridized carbons (Fsp3) is 0.429. The van der Waals surface area contributed by atoms with Gasteiger partial charge in [-0.2, -0.15) is 5.26 Å². The summed E-state index contributed by atoms with van der Waals surface area (Å²) in [6.45, 7) is 3.19. The maximum atomic E-state index is 11.4. The summed E-state index contributed by atoms with van der Waals surface area (Å²) in [7, 11) is 1.57. The predicted molar refractivity (Wildman–Crippen MR) is 74.1 cm³/mol. The zero-order valence-corrected chi connectivity index (χ0v) is 11.3. The van der Waals surface area contributed by atoms with Crippen molar-refractivity contribution in [2.45, 2.75) is 19.8 Å². The van der Waals surface area contributed by atoms with Crippen molar-refractivity contribution >= 4 is 11.6 Å². The number of hydrogen-bond donors (Lipinski definition) is 2. The number of ether oxygens (including phenoxy) is 1. The van der Waals surface area contributed by atoms with E-state index < -0.39 is 0 Å². The van der Waals surface area contributed by atoms with E-state index in [1.165, 1.54) is 0 Å². The molecule has 0 radical (unpaired) electrons. The quantitative estimate of drug-likeness (QED) is 0.786. The van der Waals surface area contributed by atoms with Crippen LogP contribution in [0.3, 0.4) is 0 Å². The van der Waals surface area contributed by atoms with E-state index in [9.17, 15) is 4.79 Å². The fourth-order valence-electron chi connectivity index (χ4n) is 1.56. The smallest absolute Gasteiger partial charge is 0.221 e. The minimum atomic E-state index is 0.00996. The van der Waals surface area contributed by atoms with Crippen molar-refractivity contribution in [2.24, 2.45) is 0 Å². The monoisotopic (exact) mass is 261 g/mol. The highest BCUT2D eigenvalue weighted by Crippen LogP contribution is 2.21. The van der Waals surface area contributed by atoms with E-state index in [1.54, 1.807) is 25.3 Å². The van der Waals surface area contributed by atoms with Crippen molar-refractivity contribution in [3.05, 3.63) is 23.8 Å². The third-order valence-corrected chi connectivity index (χ3v) is 2.59. The molecule has 0 bridgehead atoms. The van der Waals surface area contributed by atoms with Gasteiger partial charge in [0.15, 0.2) is 0 Å². The Kier molecular flexibility index (Phi) is 6.23. The first kappa shape index (κ1) is 14.8. The fourth-order valence-corrected chi connectivity index (χ4v) is 1.56. The number of anilines is 1. The molecular formula is C14H19N3O2. The van der Waals surface area contributed by atoms with Gasteiger partial charge in [0, 0.05) is 25.6 Å². The molecule has 0 atom stereocenters. The number of carbonyl (C=O) groups is 1. The van der Waals surface area contributed by atoms with Crippen LogP contribution in [-0.2, 0) is 4.79 Å². The Hall–Kier alpha value is -2.22. The van der Waals surface area contributed by atoms with Crippen LogP contribution in [0.25, 0.3) is 0 Å². The van der Waals surface area contributed by atoms with E-state index in [0.29, 0.717) is 36.5 Å². The van der Waals surface area contributed by atoms with Crippen LogP contribution < -0.4 is 15.4 Å². The lowest BCUT2D eigenvalue weighted by molar-refractivity contribution is -0.120. The van der Waals surface area contributed by atoms with E-state index in [2.05, 4.69) is 16.7 Å². The SMILES string of the molecule is CCCNC(=O)CCNc1cc(OC)ccc1C#N. The molecule has 0 aliphatic rings. The van der Waals surface area contributed by atoms with E-state index in [1.807, 2.05) is 6.92 Å². The van der Waals surface area contributed by atoms with Gasteiger partial charge in [-0.05, 0) is 18.6 Å². The molecule has 1 rings (SSSR count). The second-order valence-electron chi connectivity index (χ2n) is 4.05. The van der Waals surface area contributed by atoms with Gasteiger partial charge < -0.3 is 15.4 Å². The number of methoxy groups -OCH3 is 1. The van der Waals surface area contributed by atoms with Crippen molar-refractivity contribution < 1.29 is 9.53 Å². The maximum absolute atomic E-state index is 11.4. The largest absolute Gasteiger partial charge is 0.497 e. The molecule has 0 unspecified atom stereocenters. The number of rotatable bonds is 7. The summed E-state index contributed by atoms with van der Waals surface area (Å²) in [5.41, 5.74) is 1.22. The zero-order valence-electron chi connectivity index (χ0n) is 11.3.